The van der Waals surface area contributed by atoms with E-state index in [0.29, 0.717) is 11.0 Å². The summed E-state index contributed by atoms with van der Waals surface area (Å²) in [6.45, 7) is 3.01. The van der Waals surface area contributed by atoms with Crippen molar-refractivity contribution in [1.82, 2.24) is 24.6 Å². The number of likely N-dealkylation sites (tertiary alicyclic amines) is 1. The van der Waals surface area contributed by atoms with Gasteiger partial charge in [-0.25, -0.2) is 4.98 Å². The number of H-pyrrole nitrogens is 1. The molecule has 2 aliphatic rings. The number of aryl methyl sites for hydroxylation is 1. The van der Waals surface area contributed by atoms with Crippen molar-refractivity contribution in [3.8, 4) is 0 Å². The first-order chi connectivity index (χ1) is 10.7. The molecule has 0 radical (unpaired) electrons. The second kappa shape index (κ2) is 5.50. The van der Waals surface area contributed by atoms with E-state index in [9.17, 15) is 4.79 Å². The van der Waals surface area contributed by atoms with Crippen LogP contribution in [0.1, 0.15) is 37.9 Å². The average Bonchev–Trinajstić information content (AvgIpc) is 2.89. The van der Waals surface area contributed by atoms with Gasteiger partial charge in [-0.2, -0.15) is 5.10 Å². The number of piperidine rings is 1. The molecule has 0 spiro atoms. The lowest BCUT2D eigenvalue weighted by atomic mass is 9.75. The molecule has 2 aromatic rings. The number of aromatic amines is 1. The van der Waals surface area contributed by atoms with Crippen molar-refractivity contribution in [2.45, 2.75) is 38.6 Å². The van der Waals surface area contributed by atoms with E-state index in [1.807, 2.05) is 7.05 Å². The molecule has 1 N–H and O–H groups in total. The van der Waals surface area contributed by atoms with Crippen LogP contribution < -0.4 is 5.56 Å². The van der Waals surface area contributed by atoms with Crippen molar-refractivity contribution in [2.24, 2.45) is 18.9 Å². The number of rotatable bonds is 2. The second-order valence-electron chi connectivity index (χ2n) is 6.85. The van der Waals surface area contributed by atoms with Crippen molar-refractivity contribution in [3.63, 3.8) is 0 Å². The van der Waals surface area contributed by atoms with Gasteiger partial charge in [0, 0.05) is 13.6 Å². The third-order valence-corrected chi connectivity index (χ3v) is 5.40. The maximum absolute atomic E-state index is 12.1. The van der Waals surface area contributed by atoms with Gasteiger partial charge in [-0.05, 0) is 31.2 Å². The van der Waals surface area contributed by atoms with E-state index in [0.717, 1.165) is 37.3 Å². The van der Waals surface area contributed by atoms with Crippen molar-refractivity contribution < 1.29 is 0 Å². The van der Waals surface area contributed by atoms with Crippen LogP contribution in [-0.4, -0.2) is 37.7 Å². The summed E-state index contributed by atoms with van der Waals surface area (Å²) in [4.78, 5) is 22.1. The molecule has 1 saturated heterocycles. The fourth-order valence-electron chi connectivity index (χ4n) is 4.18. The minimum atomic E-state index is -0.0827. The topological polar surface area (TPSA) is 66.8 Å². The Hall–Kier alpha value is -1.69. The Morgan fingerprint density at radius 1 is 1.27 bits per heavy atom. The largest absolute Gasteiger partial charge is 0.309 e. The van der Waals surface area contributed by atoms with Crippen LogP contribution in [0.2, 0.25) is 0 Å². The van der Waals surface area contributed by atoms with Crippen LogP contribution in [0, 0.1) is 11.8 Å². The zero-order valence-electron chi connectivity index (χ0n) is 13.1. The quantitative estimate of drug-likeness (QED) is 0.916. The summed E-state index contributed by atoms with van der Waals surface area (Å²) in [6.07, 6.45) is 8.44. The van der Waals surface area contributed by atoms with E-state index in [-0.39, 0.29) is 5.56 Å². The van der Waals surface area contributed by atoms with Gasteiger partial charge in [0.25, 0.3) is 5.56 Å². The fraction of sp³-hybridized carbons (Fsp3) is 0.688. The summed E-state index contributed by atoms with van der Waals surface area (Å²) in [5, 5.41) is 4.69. The zero-order valence-corrected chi connectivity index (χ0v) is 13.1. The molecule has 22 heavy (non-hydrogen) atoms. The molecular formula is C16H23N5O. The summed E-state index contributed by atoms with van der Waals surface area (Å²) >= 11 is 0. The minimum absolute atomic E-state index is 0.0827. The Labute approximate surface area is 129 Å². The third-order valence-electron chi connectivity index (χ3n) is 5.40. The highest BCUT2D eigenvalue weighted by Crippen LogP contribution is 2.36. The Bertz CT molecular complexity index is 734. The number of nitrogens with zero attached hydrogens (tertiary/aromatic N) is 4. The first kappa shape index (κ1) is 13.9. The van der Waals surface area contributed by atoms with Crippen LogP contribution in [0.4, 0.5) is 0 Å². The molecule has 1 aliphatic carbocycles. The highest BCUT2D eigenvalue weighted by molar-refractivity contribution is 5.72. The summed E-state index contributed by atoms with van der Waals surface area (Å²) < 4.78 is 1.67. The van der Waals surface area contributed by atoms with Crippen molar-refractivity contribution in [3.05, 3.63) is 22.4 Å². The SMILES string of the molecule is Cn1ncc2c(=O)[nH]c(CN3CC[C@@H]4CCCC[C@H]4C3)nc21. The van der Waals surface area contributed by atoms with Crippen LogP contribution in [0.25, 0.3) is 11.0 Å². The number of fused-ring (bicyclic) bond motifs is 2. The van der Waals surface area contributed by atoms with Gasteiger partial charge in [-0.1, -0.05) is 19.3 Å². The molecule has 1 saturated carbocycles. The Morgan fingerprint density at radius 2 is 2.09 bits per heavy atom. The van der Waals surface area contributed by atoms with Crippen LogP contribution in [-0.2, 0) is 13.6 Å². The van der Waals surface area contributed by atoms with Crippen molar-refractivity contribution in [2.75, 3.05) is 13.1 Å². The van der Waals surface area contributed by atoms with Crippen LogP contribution in [0.15, 0.2) is 11.0 Å². The molecule has 0 unspecified atom stereocenters. The summed E-state index contributed by atoms with van der Waals surface area (Å²) in [5.74, 6) is 2.53. The molecule has 4 rings (SSSR count). The number of hydrogen-bond donors (Lipinski definition) is 1. The number of aromatic nitrogens is 4. The van der Waals surface area contributed by atoms with E-state index in [1.54, 1.807) is 10.9 Å². The Balaban J connectivity index is 1.53. The highest BCUT2D eigenvalue weighted by atomic mass is 16.1. The van der Waals surface area contributed by atoms with Gasteiger partial charge in [0.15, 0.2) is 5.65 Å². The van der Waals surface area contributed by atoms with Gasteiger partial charge in [0.05, 0.1) is 12.7 Å². The molecule has 2 aromatic heterocycles. The lowest BCUT2D eigenvalue weighted by Crippen LogP contribution is -2.41. The standard InChI is InChI=1S/C16H23N5O/c1-20-15-13(8-17-20)16(22)19-14(18-15)10-21-7-6-11-4-2-3-5-12(11)9-21/h8,11-12H,2-7,9-10H2,1H3,(H,18,19,22)/t11-,12-/m0/s1. The molecule has 2 atom stereocenters. The van der Waals surface area contributed by atoms with E-state index < -0.39 is 0 Å². The third kappa shape index (κ3) is 2.45. The van der Waals surface area contributed by atoms with Gasteiger partial charge >= 0.3 is 0 Å². The first-order valence-corrected chi connectivity index (χ1v) is 8.34. The normalized spacial score (nSPS) is 26.2. The minimum Gasteiger partial charge on any atom is -0.309 e. The molecule has 2 fully saturated rings. The van der Waals surface area contributed by atoms with Crippen LogP contribution >= 0.6 is 0 Å². The molecule has 118 valence electrons. The smallest absolute Gasteiger partial charge is 0.262 e. The lowest BCUT2D eigenvalue weighted by molar-refractivity contribution is 0.0803. The molecule has 6 nitrogen and oxygen atoms in total. The van der Waals surface area contributed by atoms with E-state index in [2.05, 4.69) is 20.0 Å². The lowest BCUT2D eigenvalue weighted by Gasteiger charge is -2.41. The molecular weight excluding hydrogens is 278 g/mol. The Kier molecular flexibility index (Phi) is 3.48. The van der Waals surface area contributed by atoms with Gasteiger partial charge in [0.1, 0.15) is 11.2 Å². The molecule has 1 aliphatic heterocycles. The van der Waals surface area contributed by atoms with E-state index >= 15 is 0 Å². The van der Waals surface area contributed by atoms with Crippen LogP contribution in [0.3, 0.4) is 0 Å². The van der Waals surface area contributed by atoms with Gasteiger partial charge in [-0.15, -0.1) is 0 Å². The average molecular weight is 301 g/mol. The number of nitrogens with one attached hydrogen (secondary N) is 1. The van der Waals surface area contributed by atoms with Crippen molar-refractivity contribution in [1.29, 1.82) is 0 Å². The highest BCUT2D eigenvalue weighted by Gasteiger charge is 2.31. The molecule has 0 amide bonds. The number of hydrogen-bond acceptors (Lipinski definition) is 4. The predicted octanol–water partition coefficient (Wildman–Crippen LogP) is 1.67. The zero-order chi connectivity index (χ0) is 15.1. The summed E-state index contributed by atoms with van der Waals surface area (Å²) in [5.41, 5.74) is 0.590. The van der Waals surface area contributed by atoms with Crippen molar-refractivity contribution >= 4 is 11.0 Å². The van der Waals surface area contributed by atoms with Crippen LogP contribution in [0.5, 0.6) is 0 Å². The molecule has 3 heterocycles. The summed E-state index contributed by atoms with van der Waals surface area (Å²) in [6, 6.07) is 0. The maximum Gasteiger partial charge on any atom is 0.262 e. The van der Waals surface area contributed by atoms with E-state index in [1.165, 1.54) is 32.1 Å². The van der Waals surface area contributed by atoms with Gasteiger partial charge < -0.3 is 4.98 Å². The molecule has 0 bridgehead atoms. The first-order valence-electron chi connectivity index (χ1n) is 8.34. The molecule has 0 aromatic carbocycles. The monoisotopic (exact) mass is 301 g/mol. The van der Waals surface area contributed by atoms with Gasteiger partial charge in [0.2, 0.25) is 0 Å². The summed E-state index contributed by atoms with van der Waals surface area (Å²) in [7, 11) is 1.83. The second-order valence-corrected chi connectivity index (χ2v) is 6.85. The Morgan fingerprint density at radius 3 is 2.95 bits per heavy atom. The molecule has 6 heteroatoms. The fourth-order valence-corrected chi connectivity index (χ4v) is 4.18. The van der Waals surface area contributed by atoms with E-state index in [4.69, 9.17) is 0 Å². The van der Waals surface area contributed by atoms with Gasteiger partial charge in [-0.3, -0.25) is 14.4 Å². The maximum atomic E-state index is 12.1. The predicted molar refractivity (Wildman–Crippen MR) is 84.5 cm³/mol.